The van der Waals surface area contributed by atoms with Crippen LogP contribution in [0.5, 0.6) is 0 Å². The second kappa shape index (κ2) is 5.67. The van der Waals surface area contributed by atoms with Crippen LogP contribution in [0.3, 0.4) is 0 Å². The minimum atomic E-state index is -1.43. The van der Waals surface area contributed by atoms with Crippen LogP contribution in [-0.2, 0) is 10.6 Å². The lowest BCUT2D eigenvalue weighted by Gasteiger charge is -2.21. The van der Waals surface area contributed by atoms with Gasteiger partial charge in [0.2, 0.25) is 0 Å². The Morgan fingerprint density at radius 3 is 2.42 bits per heavy atom. The van der Waals surface area contributed by atoms with Crippen molar-refractivity contribution in [3.05, 3.63) is 60.2 Å². The highest BCUT2D eigenvalue weighted by Gasteiger charge is 2.25. The number of benzene rings is 2. The quantitative estimate of drug-likeness (QED) is 0.516. The topological polar surface area (TPSA) is 41.8 Å². The molecule has 0 heterocycles. The molecule has 0 aliphatic rings. The molecule has 0 aliphatic heterocycles. The minimum Gasteiger partial charge on any atom is -0.356 e. The van der Waals surface area contributed by atoms with Gasteiger partial charge < -0.3 is 9.94 Å². The molecule has 1 unspecified atom stereocenters. The van der Waals surface area contributed by atoms with E-state index in [0.717, 1.165) is 11.1 Å². The largest absolute Gasteiger partial charge is 0.356 e. The molecule has 1 N–H and O–H groups in total. The number of hydrogen-bond donors (Lipinski definition) is 1. The van der Waals surface area contributed by atoms with Gasteiger partial charge in [-0.3, -0.25) is 0 Å². The summed E-state index contributed by atoms with van der Waals surface area (Å²) < 4.78 is 0. The molecule has 3 nitrogen and oxygen atoms in total. The first-order valence-electron chi connectivity index (χ1n) is 6.18. The SMILES string of the molecule is CC=NOC(C)(O)c1cccc(-c2ccccc2)c1. The monoisotopic (exact) mass is 255 g/mol. The van der Waals surface area contributed by atoms with Gasteiger partial charge in [-0.1, -0.05) is 53.7 Å². The predicted octanol–water partition coefficient (Wildman–Crippen LogP) is 3.54. The van der Waals surface area contributed by atoms with Crippen molar-refractivity contribution in [2.24, 2.45) is 5.16 Å². The molecule has 2 aromatic rings. The van der Waals surface area contributed by atoms with E-state index in [0.29, 0.717) is 5.56 Å². The average Bonchev–Trinajstić information content (AvgIpc) is 2.46. The maximum Gasteiger partial charge on any atom is 0.257 e. The molecule has 2 rings (SSSR count). The molecule has 0 aliphatic carbocycles. The first-order chi connectivity index (χ1) is 9.13. The Kier molecular flexibility index (Phi) is 3.97. The molecule has 3 heteroatoms. The van der Waals surface area contributed by atoms with Crippen LogP contribution in [-0.4, -0.2) is 11.3 Å². The first kappa shape index (κ1) is 13.3. The lowest BCUT2D eigenvalue weighted by molar-refractivity contribution is -0.198. The normalized spacial score (nSPS) is 14.3. The molecule has 19 heavy (non-hydrogen) atoms. The molecular formula is C16H17NO2. The standard InChI is InChI=1S/C16H17NO2/c1-3-17-19-16(2,18)15-11-7-10-14(12-15)13-8-5-4-6-9-13/h3-12,18H,1-2H3. The molecule has 0 spiro atoms. The van der Waals surface area contributed by atoms with Crippen molar-refractivity contribution in [1.82, 2.24) is 0 Å². The molecule has 0 amide bonds. The van der Waals surface area contributed by atoms with E-state index in [1.165, 1.54) is 6.21 Å². The fourth-order valence-electron chi connectivity index (χ4n) is 1.83. The molecule has 0 saturated heterocycles. The van der Waals surface area contributed by atoms with Crippen molar-refractivity contribution < 1.29 is 9.94 Å². The van der Waals surface area contributed by atoms with Crippen molar-refractivity contribution in [3.63, 3.8) is 0 Å². The number of oxime groups is 1. The number of nitrogens with zero attached hydrogens (tertiary/aromatic N) is 1. The maximum atomic E-state index is 10.3. The number of rotatable bonds is 4. The Bertz CT molecular complexity index is 562. The van der Waals surface area contributed by atoms with E-state index in [1.807, 2.05) is 54.6 Å². The van der Waals surface area contributed by atoms with E-state index in [4.69, 9.17) is 4.84 Å². The van der Waals surface area contributed by atoms with Gasteiger partial charge in [-0.05, 0) is 24.1 Å². The summed E-state index contributed by atoms with van der Waals surface area (Å²) in [4.78, 5) is 5.08. The van der Waals surface area contributed by atoms with Crippen molar-refractivity contribution in [2.45, 2.75) is 19.6 Å². The van der Waals surface area contributed by atoms with Gasteiger partial charge in [0.15, 0.2) is 0 Å². The molecule has 0 fully saturated rings. The van der Waals surface area contributed by atoms with E-state index >= 15 is 0 Å². The van der Waals surface area contributed by atoms with Gasteiger partial charge in [-0.2, -0.15) is 0 Å². The Morgan fingerprint density at radius 1 is 1.05 bits per heavy atom. The minimum absolute atomic E-state index is 0.666. The van der Waals surface area contributed by atoms with Crippen LogP contribution in [0.1, 0.15) is 19.4 Å². The summed E-state index contributed by atoms with van der Waals surface area (Å²) in [5.41, 5.74) is 2.79. The zero-order valence-electron chi connectivity index (χ0n) is 11.1. The van der Waals surface area contributed by atoms with Crippen LogP contribution in [0.2, 0.25) is 0 Å². The lowest BCUT2D eigenvalue weighted by atomic mass is 10.00. The molecule has 98 valence electrons. The van der Waals surface area contributed by atoms with E-state index in [9.17, 15) is 5.11 Å². The van der Waals surface area contributed by atoms with Gasteiger partial charge >= 0.3 is 0 Å². The number of aliphatic hydroxyl groups is 1. The summed E-state index contributed by atoms with van der Waals surface area (Å²) in [7, 11) is 0. The third-order valence-corrected chi connectivity index (χ3v) is 2.84. The highest BCUT2D eigenvalue weighted by atomic mass is 16.7. The van der Waals surface area contributed by atoms with E-state index in [1.54, 1.807) is 13.8 Å². The molecule has 0 radical (unpaired) electrons. The Balaban J connectivity index is 2.34. The summed E-state index contributed by atoms with van der Waals surface area (Å²) in [6, 6.07) is 17.6. The van der Waals surface area contributed by atoms with E-state index < -0.39 is 5.79 Å². The Labute approximate surface area is 113 Å². The smallest absolute Gasteiger partial charge is 0.257 e. The summed E-state index contributed by atoms with van der Waals surface area (Å²) in [6.07, 6.45) is 1.50. The Hall–Kier alpha value is -2.13. The summed E-state index contributed by atoms with van der Waals surface area (Å²) in [6.45, 7) is 3.31. The zero-order chi connectivity index (χ0) is 13.7. The third kappa shape index (κ3) is 3.20. The van der Waals surface area contributed by atoms with E-state index in [-0.39, 0.29) is 0 Å². The van der Waals surface area contributed by atoms with Gasteiger partial charge in [0, 0.05) is 18.7 Å². The van der Waals surface area contributed by atoms with Crippen LogP contribution in [0.15, 0.2) is 59.8 Å². The van der Waals surface area contributed by atoms with Crippen LogP contribution >= 0.6 is 0 Å². The molecule has 0 bridgehead atoms. The molecule has 2 aromatic carbocycles. The van der Waals surface area contributed by atoms with Crippen molar-refractivity contribution in [3.8, 4) is 11.1 Å². The molecular weight excluding hydrogens is 238 g/mol. The van der Waals surface area contributed by atoms with Gasteiger partial charge in [0.1, 0.15) is 0 Å². The van der Waals surface area contributed by atoms with Crippen LogP contribution in [0, 0.1) is 0 Å². The van der Waals surface area contributed by atoms with Gasteiger partial charge in [-0.15, -0.1) is 0 Å². The summed E-state index contributed by atoms with van der Waals surface area (Å²) >= 11 is 0. The van der Waals surface area contributed by atoms with Crippen LogP contribution in [0.4, 0.5) is 0 Å². The molecule has 1 atom stereocenters. The van der Waals surface area contributed by atoms with Crippen LogP contribution in [0.25, 0.3) is 11.1 Å². The highest BCUT2D eigenvalue weighted by molar-refractivity contribution is 5.64. The number of hydrogen-bond acceptors (Lipinski definition) is 3. The van der Waals surface area contributed by atoms with Gasteiger partial charge in [0.25, 0.3) is 5.79 Å². The highest BCUT2D eigenvalue weighted by Crippen LogP contribution is 2.27. The summed E-state index contributed by atoms with van der Waals surface area (Å²) in [5, 5.41) is 13.9. The predicted molar refractivity (Wildman–Crippen MR) is 76.7 cm³/mol. The van der Waals surface area contributed by atoms with Gasteiger partial charge in [-0.25, -0.2) is 0 Å². The fraction of sp³-hybridized carbons (Fsp3) is 0.188. The fourth-order valence-corrected chi connectivity index (χ4v) is 1.83. The summed E-state index contributed by atoms with van der Waals surface area (Å²) in [5.74, 6) is -1.43. The van der Waals surface area contributed by atoms with Crippen LogP contribution < -0.4 is 0 Å². The van der Waals surface area contributed by atoms with Gasteiger partial charge in [0.05, 0.1) is 0 Å². The molecule has 0 aromatic heterocycles. The van der Waals surface area contributed by atoms with Crippen molar-refractivity contribution in [1.29, 1.82) is 0 Å². The average molecular weight is 255 g/mol. The lowest BCUT2D eigenvalue weighted by Crippen LogP contribution is -2.22. The Morgan fingerprint density at radius 2 is 1.74 bits per heavy atom. The first-order valence-corrected chi connectivity index (χ1v) is 6.18. The second-order valence-corrected chi connectivity index (χ2v) is 4.38. The zero-order valence-corrected chi connectivity index (χ0v) is 11.1. The third-order valence-electron chi connectivity index (χ3n) is 2.84. The molecule has 0 saturated carbocycles. The van der Waals surface area contributed by atoms with Crippen molar-refractivity contribution >= 4 is 6.21 Å². The van der Waals surface area contributed by atoms with E-state index in [2.05, 4.69) is 5.16 Å². The maximum absolute atomic E-state index is 10.3. The second-order valence-electron chi connectivity index (χ2n) is 4.38. The van der Waals surface area contributed by atoms with Crippen molar-refractivity contribution in [2.75, 3.05) is 0 Å².